The number of piperidine rings is 1. The highest BCUT2D eigenvalue weighted by atomic mass is 35.5. The van der Waals surface area contributed by atoms with Crippen LogP contribution < -0.4 is 16.8 Å². The zero-order chi connectivity index (χ0) is 15.4. The molecule has 0 aliphatic carbocycles. The average Bonchev–Trinajstić information content (AvgIpc) is 2.43. The van der Waals surface area contributed by atoms with Crippen molar-refractivity contribution in [2.24, 2.45) is 11.5 Å². The normalized spacial score (nSPS) is 16.7. The van der Waals surface area contributed by atoms with E-state index in [1.807, 2.05) is 4.90 Å². The number of carbonyl (C=O) groups excluding carboxylic acids is 2. The Labute approximate surface area is 128 Å². The maximum Gasteiger partial charge on any atom is 0.248 e. The number of rotatable bonds is 4. The van der Waals surface area contributed by atoms with Crippen molar-refractivity contribution in [1.29, 1.82) is 0 Å². The fraction of sp³-hybridized carbons (Fsp3) is 0.429. The summed E-state index contributed by atoms with van der Waals surface area (Å²) in [7, 11) is 0. The summed E-state index contributed by atoms with van der Waals surface area (Å²) in [5.74, 6) is -0.735. The van der Waals surface area contributed by atoms with E-state index >= 15 is 0 Å². The second-order valence-electron chi connectivity index (χ2n) is 5.22. The summed E-state index contributed by atoms with van der Waals surface area (Å²) in [6.45, 7) is 1.90. The molecule has 0 spiro atoms. The summed E-state index contributed by atoms with van der Waals surface area (Å²) in [6.07, 6.45) is 1.79. The van der Waals surface area contributed by atoms with E-state index < -0.39 is 5.91 Å². The molecule has 5 N–H and O–H groups in total. The van der Waals surface area contributed by atoms with Crippen molar-refractivity contribution in [3.63, 3.8) is 0 Å². The molecule has 1 fully saturated rings. The third-order valence-electron chi connectivity index (χ3n) is 3.52. The molecule has 0 saturated carbocycles. The number of hydrogen-bond donors (Lipinski definition) is 3. The lowest BCUT2D eigenvalue weighted by Crippen LogP contribution is -2.43. The molecule has 6 nitrogen and oxygen atoms in total. The number of halogens is 1. The van der Waals surface area contributed by atoms with Crippen molar-refractivity contribution in [2.45, 2.75) is 18.9 Å². The number of nitrogens with zero attached hydrogens (tertiary/aromatic N) is 1. The van der Waals surface area contributed by atoms with Crippen LogP contribution in [0.25, 0.3) is 0 Å². The monoisotopic (exact) mass is 310 g/mol. The number of amides is 2. The first-order valence-corrected chi connectivity index (χ1v) is 7.20. The second-order valence-corrected chi connectivity index (χ2v) is 5.63. The minimum atomic E-state index is -0.563. The average molecular weight is 311 g/mol. The van der Waals surface area contributed by atoms with Crippen molar-refractivity contribution in [1.82, 2.24) is 4.90 Å². The molecule has 114 valence electrons. The molecular weight excluding hydrogens is 292 g/mol. The van der Waals surface area contributed by atoms with Gasteiger partial charge in [0, 0.05) is 24.7 Å². The predicted molar refractivity (Wildman–Crippen MR) is 82.2 cm³/mol. The Bertz CT molecular complexity index is 542. The fourth-order valence-corrected chi connectivity index (χ4v) is 2.44. The van der Waals surface area contributed by atoms with Crippen molar-refractivity contribution < 1.29 is 9.59 Å². The van der Waals surface area contributed by atoms with Gasteiger partial charge in [0.2, 0.25) is 11.8 Å². The van der Waals surface area contributed by atoms with Crippen LogP contribution in [-0.4, -0.2) is 42.4 Å². The summed E-state index contributed by atoms with van der Waals surface area (Å²) in [4.78, 5) is 25.2. The SMILES string of the molecule is NC(=O)c1ccc(Cl)c(NC(=O)CN2CCC(N)CC2)c1. The van der Waals surface area contributed by atoms with Gasteiger partial charge in [0.1, 0.15) is 0 Å². The van der Waals surface area contributed by atoms with Crippen LogP contribution in [0.15, 0.2) is 18.2 Å². The molecule has 1 aliphatic rings. The van der Waals surface area contributed by atoms with E-state index in [1.54, 1.807) is 0 Å². The molecule has 1 aliphatic heterocycles. The smallest absolute Gasteiger partial charge is 0.248 e. The van der Waals surface area contributed by atoms with Gasteiger partial charge in [-0.25, -0.2) is 0 Å². The van der Waals surface area contributed by atoms with Crippen LogP contribution in [0.3, 0.4) is 0 Å². The van der Waals surface area contributed by atoms with E-state index in [2.05, 4.69) is 5.32 Å². The van der Waals surface area contributed by atoms with E-state index in [4.69, 9.17) is 23.1 Å². The molecule has 1 aromatic rings. The third-order valence-corrected chi connectivity index (χ3v) is 3.85. The lowest BCUT2D eigenvalue weighted by atomic mass is 10.1. The maximum absolute atomic E-state index is 12.0. The summed E-state index contributed by atoms with van der Waals surface area (Å²) >= 11 is 6.01. The molecule has 0 radical (unpaired) electrons. The van der Waals surface area contributed by atoms with Crippen LogP contribution in [0.2, 0.25) is 5.02 Å². The highest BCUT2D eigenvalue weighted by molar-refractivity contribution is 6.33. The first kappa shape index (κ1) is 15.8. The van der Waals surface area contributed by atoms with Crippen molar-refractivity contribution in [3.05, 3.63) is 28.8 Å². The molecule has 0 bridgehead atoms. The van der Waals surface area contributed by atoms with Crippen molar-refractivity contribution in [3.8, 4) is 0 Å². The van der Waals surface area contributed by atoms with Crippen LogP contribution >= 0.6 is 11.6 Å². The van der Waals surface area contributed by atoms with E-state index in [0.717, 1.165) is 25.9 Å². The number of hydrogen-bond acceptors (Lipinski definition) is 4. The number of nitrogens with two attached hydrogens (primary N) is 2. The van der Waals surface area contributed by atoms with Gasteiger partial charge in [-0.3, -0.25) is 14.5 Å². The maximum atomic E-state index is 12.0. The minimum absolute atomic E-state index is 0.172. The Hall–Kier alpha value is -1.63. The Kier molecular flexibility index (Phi) is 5.17. The van der Waals surface area contributed by atoms with Crippen molar-refractivity contribution in [2.75, 3.05) is 25.0 Å². The number of benzene rings is 1. The number of primary amides is 1. The molecule has 21 heavy (non-hydrogen) atoms. The summed E-state index contributed by atoms with van der Waals surface area (Å²) in [5, 5.41) is 3.08. The first-order chi connectivity index (χ1) is 9.95. The van der Waals surface area contributed by atoms with Gasteiger partial charge >= 0.3 is 0 Å². The third kappa shape index (κ3) is 4.42. The first-order valence-electron chi connectivity index (χ1n) is 6.83. The van der Waals surface area contributed by atoms with Gasteiger partial charge in [0.15, 0.2) is 0 Å². The lowest BCUT2D eigenvalue weighted by Gasteiger charge is -2.29. The van der Waals surface area contributed by atoms with Gasteiger partial charge in [-0.2, -0.15) is 0 Å². The molecule has 1 saturated heterocycles. The van der Waals surface area contributed by atoms with Gasteiger partial charge in [-0.05, 0) is 31.0 Å². The highest BCUT2D eigenvalue weighted by Crippen LogP contribution is 2.23. The van der Waals surface area contributed by atoms with Gasteiger partial charge in [0.05, 0.1) is 17.3 Å². The number of nitrogens with one attached hydrogen (secondary N) is 1. The molecular formula is C14H19ClN4O2. The zero-order valence-electron chi connectivity index (χ0n) is 11.6. The van der Waals surface area contributed by atoms with Crippen LogP contribution in [0.5, 0.6) is 0 Å². The van der Waals surface area contributed by atoms with E-state index in [-0.39, 0.29) is 18.5 Å². The van der Waals surface area contributed by atoms with Crippen LogP contribution in [0.4, 0.5) is 5.69 Å². The molecule has 2 amide bonds. The fourth-order valence-electron chi connectivity index (χ4n) is 2.28. The topological polar surface area (TPSA) is 101 Å². The van der Waals surface area contributed by atoms with E-state index in [1.165, 1.54) is 18.2 Å². The zero-order valence-corrected chi connectivity index (χ0v) is 12.4. The molecule has 1 aromatic carbocycles. The largest absolute Gasteiger partial charge is 0.366 e. The molecule has 0 aromatic heterocycles. The standard InChI is InChI=1S/C14H19ClN4O2/c15-11-2-1-9(14(17)21)7-12(11)18-13(20)8-19-5-3-10(16)4-6-19/h1-2,7,10H,3-6,8,16H2,(H2,17,21)(H,18,20). The summed E-state index contributed by atoms with van der Waals surface area (Å²) in [5.41, 5.74) is 11.7. The molecule has 0 atom stereocenters. The molecule has 7 heteroatoms. The van der Waals surface area contributed by atoms with Crippen molar-refractivity contribution >= 4 is 29.1 Å². The van der Waals surface area contributed by atoms with Gasteiger partial charge in [0.25, 0.3) is 0 Å². The number of likely N-dealkylation sites (tertiary alicyclic amines) is 1. The Morgan fingerprint density at radius 2 is 2.00 bits per heavy atom. The number of anilines is 1. The van der Waals surface area contributed by atoms with E-state index in [0.29, 0.717) is 16.3 Å². The Balaban J connectivity index is 1.96. The predicted octanol–water partition coefficient (Wildman–Crippen LogP) is 0.800. The van der Waals surface area contributed by atoms with Gasteiger partial charge < -0.3 is 16.8 Å². The Morgan fingerprint density at radius 1 is 1.33 bits per heavy atom. The van der Waals surface area contributed by atoms with E-state index in [9.17, 15) is 9.59 Å². The quantitative estimate of drug-likeness (QED) is 0.765. The lowest BCUT2D eigenvalue weighted by molar-refractivity contribution is -0.117. The van der Waals surface area contributed by atoms with Crippen LogP contribution in [0, 0.1) is 0 Å². The summed E-state index contributed by atoms with van der Waals surface area (Å²) in [6, 6.07) is 4.77. The summed E-state index contributed by atoms with van der Waals surface area (Å²) < 4.78 is 0. The molecule has 2 rings (SSSR count). The van der Waals surface area contributed by atoms with Crippen LogP contribution in [-0.2, 0) is 4.79 Å². The Morgan fingerprint density at radius 3 is 2.62 bits per heavy atom. The molecule has 1 heterocycles. The van der Waals surface area contributed by atoms with Gasteiger partial charge in [-0.1, -0.05) is 11.6 Å². The second kappa shape index (κ2) is 6.89. The van der Waals surface area contributed by atoms with Gasteiger partial charge in [-0.15, -0.1) is 0 Å². The molecule has 0 unspecified atom stereocenters. The number of carbonyl (C=O) groups is 2. The van der Waals surface area contributed by atoms with Crippen LogP contribution in [0.1, 0.15) is 23.2 Å². The minimum Gasteiger partial charge on any atom is -0.366 e. The highest BCUT2D eigenvalue weighted by Gasteiger charge is 2.18.